The number of fused-ring (bicyclic) bond motifs is 5. The molecule has 51 heavy (non-hydrogen) atoms. The van der Waals surface area contributed by atoms with Crippen molar-refractivity contribution >= 4 is 40.0 Å². The second-order valence-electron chi connectivity index (χ2n) is 14.3. The van der Waals surface area contributed by atoms with Gasteiger partial charge in [-0.1, -0.05) is 26.5 Å². The summed E-state index contributed by atoms with van der Waals surface area (Å²) in [5.74, 6) is -1.68. The van der Waals surface area contributed by atoms with E-state index in [1.54, 1.807) is 28.1 Å². The molecule has 4 aromatic rings. The molecular formula is C38H42F2N8O3. The second kappa shape index (κ2) is 13.2. The number of hydrogen-bond donors (Lipinski definition) is 0. The smallest absolute Gasteiger partial charge is 0.355 e. The van der Waals surface area contributed by atoms with Crippen molar-refractivity contribution < 1.29 is 18.4 Å². The van der Waals surface area contributed by atoms with Crippen molar-refractivity contribution in [3.05, 3.63) is 77.0 Å². The van der Waals surface area contributed by atoms with Gasteiger partial charge in [-0.3, -0.25) is 14.6 Å². The average molecular weight is 697 g/mol. The standard InChI is InChI=1S/C38H42F2N8O3/c1-7-30(49)45-18-23(5)46(19-22(45)4)36-25-17-27(40)34-32-26(39)9-8-10-28(32)47(20-24-11-12-24)31(50)14-16-44(6)29-13-15-41-33(21(2)3)35(29)48(37(25)42-34)38(51)43-36/h7-10,13,15,17,21-24H,1,11-12,14,16,18-20H2,2-6H3/t22-,23+/m1/s1. The number of aromatic nitrogens is 4. The summed E-state index contributed by atoms with van der Waals surface area (Å²) in [6.45, 7) is 12.6. The van der Waals surface area contributed by atoms with Gasteiger partial charge < -0.3 is 19.6 Å². The number of carbonyl (C=O) groups excluding carboxylic acids is 2. The molecule has 2 bridgehead atoms. The largest absolute Gasteiger partial charge is 0.372 e. The molecule has 1 aromatic carbocycles. The molecule has 1 saturated carbocycles. The lowest BCUT2D eigenvalue weighted by Gasteiger charge is -2.44. The monoisotopic (exact) mass is 696 g/mol. The van der Waals surface area contributed by atoms with E-state index >= 15 is 8.78 Å². The molecule has 0 radical (unpaired) electrons. The molecule has 0 spiro atoms. The summed E-state index contributed by atoms with van der Waals surface area (Å²) in [4.78, 5) is 62.4. The average Bonchev–Trinajstić information content (AvgIpc) is 3.93. The Bertz CT molecular complexity index is 2130. The Kier molecular flexibility index (Phi) is 8.84. The van der Waals surface area contributed by atoms with Crippen LogP contribution < -0.4 is 20.4 Å². The Labute approximate surface area is 295 Å². The van der Waals surface area contributed by atoms with Crippen LogP contribution in [-0.4, -0.2) is 81.5 Å². The lowest BCUT2D eigenvalue weighted by Crippen LogP contribution is -2.58. The van der Waals surface area contributed by atoms with E-state index in [9.17, 15) is 14.4 Å². The number of piperazine rings is 1. The van der Waals surface area contributed by atoms with Gasteiger partial charge in [-0.15, -0.1) is 0 Å². The first-order valence-electron chi connectivity index (χ1n) is 17.5. The van der Waals surface area contributed by atoms with Gasteiger partial charge in [0.2, 0.25) is 11.8 Å². The van der Waals surface area contributed by atoms with Gasteiger partial charge in [0.25, 0.3) is 0 Å². The highest BCUT2D eigenvalue weighted by Crippen LogP contribution is 2.41. The number of anilines is 3. The van der Waals surface area contributed by atoms with Crippen LogP contribution in [0.1, 0.15) is 58.6 Å². The number of rotatable bonds is 5. The molecule has 11 nitrogen and oxygen atoms in total. The van der Waals surface area contributed by atoms with Crippen LogP contribution in [0.15, 0.2) is 54.0 Å². The molecule has 3 aliphatic rings. The maximum atomic E-state index is 16.8. The predicted octanol–water partition coefficient (Wildman–Crippen LogP) is 5.44. The molecule has 5 heterocycles. The zero-order chi connectivity index (χ0) is 36.3. The first-order chi connectivity index (χ1) is 24.4. The van der Waals surface area contributed by atoms with E-state index < -0.39 is 17.3 Å². The topological polar surface area (TPSA) is 108 Å². The Balaban J connectivity index is 1.56. The quantitative estimate of drug-likeness (QED) is 0.254. The molecular weight excluding hydrogens is 654 g/mol. The van der Waals surface area contributed by atoms with Crippen LogP contribution in [0.25, 0.3) is 28.0 Å². The molecule has 7 rings (SSSR count). The number of nitrogens with zero attached hydrogens (tertiary/aromatic N) is 8. The number of hydrogen-bond acceptors (Lipinski definition) is 8. The first-order valence-corrected chi connectivity index (χ1v) is 17.5. The van der Waals surface area contributed by atoms with E-state index in [-0.39, 0.29) is 82.5 Å². The van der Waals surface area contributed by atoms with E-state index in [0.717, 1.165) is 12.8 Å². The van der Waals surface area contributed by atoms with Gasteiger partial charge in [-0.05, 0) is 68.9 Å². The maximum absolute atomic E-state index is 16.8. The van der Waals surface area contributed by atoms with Crippen molar-refractivity contribution in [1.29, 1.82) is 0 Å². The summed E-state index contributed by atoms with van der Waals surface area (Å²) in [7, 11) is 1.84. The predicted molar refractivity (Wildman–Crippen MR) is 194 cm³/mol. The van der Waals surface area contributed by atoms with E-state index in [4.69, 9.17) is 4.98 Å². The summed E-state index contributed by atoms with van der Waals surface area (Å²) >= 11 is 0. The summed E-state index contributed by atoms with van der Waals surface area (Å²) in [6.07, 6.45) is 4.92. The van der Waals surface area contributed by atoms with Gasteiger partial charge in [-0.25, -0.2) is 23.1 Å². The van der Waals surface area contributed by atoms with Crippen molar-refractivity contribution in [2.24, 2.45) is 5.92 Å². The van der Waals surface area contributed by atoms with E-state index in [0.29, 0.717) is 36.7 Å². The number of halogens is 2. The highest BCUT2D eigenvalue weighted by molar-refractivity contribution is 5.99. The van der Waals surface area contributed by atoms with Crippen LogP contribution >= 0.6 is 0 Å². The molecule has 0 unspecified atom stereocenters. The molecule has 2 aliphatic heterocycles. The summed E-state index contributed by atoms with van der Waals surface area (Å²) in [5.41, 5.74) is 0.762. The van der Waals surface area contributed by atoms with Crippen LogP contribution in [0.4, 0.5) is 26.0 Å². The molecule has 2 fully saturated rings. The lowest BCUT2D eigenvalue weighted by molar-refractivity contribution is -0.128. The first kappa shape index (κ1) is 34.3. The minimum atomic E-state index is -0.829. The zero-order valence-electron chi connectivity index (χ0n) is 29.6. The summed E-state index contributed by atoms with van der Waals surface area (Å²) < 4.78 is 34.2. The van der Waals surface area contributed by atoms with Crippen molar-refractivity contribution in [2.45, 2.75) is 65.0 Å². The number of benzene rings is 1. The van der Waals surface area contributed by atoms with Gasteiger partial charge in [0.05, 0.1) is 33.7 Å². The fourth-order valence-electron chi connectivity index (χ4n) is 7.35. The van der Waals surface area contributed by atoms with Crippen LogP contribution in [0, 0.1) is 17.6 Å². The van der Waals surface area contributed by atoms with Crippen molar-refractivity contribution in [1.82, 2.24) is 24.4 Å². The minimum Gasteiger partial charge on any atom is -0.372 e. The maximum Gasteiger partial charge on any atom is 0.355 e. The molecule has 266 valence electrons. The SMILES string of the molecule is C=CC(=O)N1C[C@H](C)N(c2nc(=O)n3c4nc(c(F)cc24)-c2c(F)cccc2N(CC2CC2)C(=O)CCN(C)c2ccnc(C(C)C)c2-3)C[C@H]1C. The molecule has 2 atom stereocenters. The number of carbonyl (C=O) groups is 2. The fraction of sp³-hybridized carbons (Fsp3) is 0.421. The van der Waals surface area contributed by atoms with Gasteiger partial charge in [0.1, 0.15) is 17.3 Å². The van der Waals surface area contributed by atoms with E-state index in [1.165, 1.54) is 28.8 Å². The molecule has 1 aliphatic carbocycles. The number of amides is 2. The van der Waals surface area contributed by atoms with Gasteiger partial charge in [0, 0.05) is 57.9 Å². The van der Waals surface area contributed by atoms with Gasteiger partial charge >= 0.3 is 5.69 Å². The van der Waals surface area contributed by atoms with Crippen molar-refractivity contribution in [2.75, 3.05) is 47.9 Å². The highest BCUT2D eigenvalue weighted by Gasteiger charge is 2.36. The van der Waals surface area contributed by atoms with Crippen molar-refractivity contribution in [3.8, 4) is 16.9 Å². The number of pyridine rings is 2. The molecule has 13 heteroatoms. The third-order valence-electron chi connectivity index (χ3n) is 10.2. The third kappa shape index (κ3) is 6.02. The Morgan fingerprint density at radius 3 is 2.51 bits per heavy atom. The Morgan fingerprint density at radius 2 is 1.80 bits per heavy atom. The van der Waals surface area contributed by atoms with Gasteiger partial charge in [0.15, 0.2) is 11.5 Å². The normalized spacial score (nSPS) is 19.5. The Hall–Kier alpha value is -5.20. The second-order valence-corrected chi connectivity index (χ2v) is 14.3. The zero-order valence-corrected chi connectivity index (χ0v) is 29.6. The van der Waals surface area contributed by atoms with Crippen molar-refractivity contribution in [3.63, 3.8) is 0 Å². The van der Waals surface area contributed by atoms with E-state index in [1.807, 2.05) is 44.5 Å². The van der Waals surface area contributed by atoms with Crippen LogP contribution in [0.3, 0.4) is 0 Å². The highest BCUT2D eigenvalue weighted by atomic mass is 19.1. The fourth-order valence-corrected chi connectivity index (χ4v) is 7.35. The van der Waals surface area contributed by atoms with Crippen LogP contribution in [0.2, 0.25) is 0 Å². The van der Waals surface area contributed by atoms with E-state index in [2.05, 4.69) is 16.5 Å². The van der Waals surface area contributed by atoms with Crippen LogP contribution in [-0.2, 0) is 9.59 Å². The van der Waals surface area contributed by atoms with Gasteiger partial charge in [-0.2, -0.15) is 4.98 Å². The third-order valence-corrected chi connectivity index (χ3v) is 10.2. The summed E-state index contributed by atoms with van der Waals surface area (Å²) in [6, 6.07) is 6.82. The molecule has 2 amide bonds. The Morgan fingerprint density at radius 1 is 1.04 bits per heavy atom. The van der Waals surface area contributed by atoms with Crippen LogP contribution in [0.5, 0.6) is 0 Å². The lowest BCUT2D eigenvalue weighted by atomic mass is 10.0. The molecule has 0 N–H and O–H groups in total. The summed E-state index contributed by atoms with van der Waals surface area (Å²) in [5, 5.41) is 0.240. The molecule has 1 saturated heterocycles. The molecule has 3 aromatic heterocycles. The minimum absolute atomic E-state index is 0.0731.